The van der Waals surface area contributed by atoms with E-state index in [1.165, 1.54) is 89.9 Å². The Labute approximate surface area is 172 Å². The molecule has 1 aromatic rings. The second-order valence-corrected chi connectivity index (χ2v) is 8.55. The van der Waals surface area contributed by atoms with Gasteiger partial charge in [-0.2, -0.15) is 0 Å². The molecule has 0 amide bonds. The molecule has 27 heavy (non-hydrogen) atoms. The van der Waals surface area contributed by atoms with E-state index in [2.05, 4.69) is 6.92 Å². The van der Waals surface area contributed by atoms with E-state index < -0.39 is 0 Å². The average molecular weight is 396 g/mol. The molecule has 2 nitrogen and oxygen atoms in total. The van der Waals surface area contributed by atoms with Crippen molar-refractivity contribution in [1.29, 1.82) is 0 Å². The van der Waals surface area contributed by atoms with Gasteiger partial charge >= 0.3 is 0 Å². The Balaban J connectivity index is 1.87. The Morgan fingerprint density at radius 1 is 0.778 bits per heavy atom. The minimum Gasteiger partial charge on any atom is -0.508 e. The third kappa shape index (κ3) is 12.2. The van der Waals surface area contributed by atoms with Crippen LogP contribution in [-0.2, 0) is 0 Å². The van der Waals surface area contributed by atoms with Gasteiger partial charge in [0.05, 0.1) is 5.38 Å². The first kappa shape index (κ1) is 24.1. The van der Waals surface area contributed by atoms with Gasteiger partial charge in [0.25, 0.3) is 0 Å². The van der Waals surface area contributed by atoms with Crippen LogP contribution in [-0.4, -0.2) is 5.11 Å². The van der Waals surface area contributed by atoms with Crippen molar-refractivity contribution in [3.63, 3.8) is 0 Å². The van der Waals surface area contributed by atoms with E-state index >= 15 is 0 Å². The molecule has 0 fully saturated rings. The fourth-order valence-corrected chi connectivity index (χ4v) is 4.01. The van der Waals surface area contributed by atoms with Gasteiger partial charge in [-0.25, -0.2) is 0 Å². The van der Waals surface area contributed by atoms with Crippen molar-refractivity contribution < 1.29 is 5.11 Å². The minimum absolute atomic E-state index is 0.118. The molecule has 0 aliphatic carbocycles. The fourth-order valence-electron chi connectivity index (χ4n) is 3.68. The van der Waals surface area contributed by atoms with Crippen LogP contribution >= 0.6 is 11.6 Å². The Morgan fingerprint density at radius 2 is 1.22 bits per heavy atom. The highest BCUT2D eigenvalue weighted by Gasteiger charge is 2.12. The number of unbranched alkanes of at least 4 members (excludes halogenated alkanes) is 14. The predicted octanol–water partition coefficient (Wildman–Crippen LogP) is 8.52. The number of aromatic hydroxyl groups is 1. The molecule has 0 aliphatic heterocycles. The first-order valence-electron chi connectivity index (χ1n) is 11.4. The number of hydrogen-bond acceptors (Lipinski definition) is 2. The third-order valence-corrected chi connectivity index (χ3v) is 5.91. The summed E-state index contributed by atoms with van der Waals surface area (Å²) >= 11 is 6.42. The van der Waals surface area contributed by atoms with Crippen LogP contribution in [0.4, 0.5) is 5.69 Å². The molecule has 1 unspecified atom stereocenters. The number of halogens is 1. The number of anilines is 1. The standard InChI is InChI=1S/C24H42ClNO/c1-2-3-4-5-6-7-8-9-10-11-12-13-14-15-16-17-23(25)22-19-18-21(26)20-24(22)27/h18-20,23,27H,2-17,26H2,1H3. The SMILES string of the molecule is CCCCCCCCCCCCCCCCCC(Cl)c1ccc(N)cc1O. The van der Waals surface area contributed by atoms with Gasteiger partial charge in [-0.1, -0.05) is 109 Å². The van der Waals surface area contributed by atoms with Crippen LogP contribution in [0.5, 0.6) is 5.75 Å². The molecule has 1 rings (SSSR count). The molecule has 0 aliphatic rings. The number of phenols is 1. The van der Waals surface area contributed by atoms with Gasteiger partial charge in [0.15, 0.2) is 0 Å². The summed E-state index contributed by atoms with van der Waals surface area (Å²) in [6.07, 6.45) is 21.5. The Kier molecular flexibility index (Phi) is 14.4. The molecule has 0 heterocycles. The van der Waals surface area contributed by atoms with Gasteiger partial charge in [-0.15, -0.1) is 11.6 Å². The second kappa shape index (κ2) is 16.1. The number of nitrogens with two attached hydrogens (primary N) is 1. The molecule has 3 N–H and O–H groups in total. The van der Waals surface area contributed by atoms with Gasteiger partial charge in [0.2, 0.25) is 0 Å². The Bertz CT molecular complexity index is 477. The van der Waals surface area contributed by atoms with E-state index in [0.717, 1.165) is 18.4 Å². The molecule has 3 heteroatoms. The summed E-state index contributed by atoms with van der Waals surface area (Å²) in [5.74, 6) is 0.218. The summed E-state index contributed by atoms with van der Waals surface area (Å²) in [6, 6.07) is 5.22. The van der Waals surface area contributed by atoms with Crippen molar-refractivity contribution in [3.05, 3.63) is 23.8 Å². The third-order valence-electron chi connectivity index (χ3n) is 5.45. The van der Waals surface area contributed by atoms with E-state index in [1.54, 1.807) is 12.1 Å². The van der Waals surface area contributed by atoms with Gasteiger partial charge in [-0.3, -0.25) is 0 Å². The maximum absolute atomic E-state index is 9.92. The molecular formula is C24H42ClNO. The first-order valence-corrected chi connectivity index (χ1v) is 11.8. The largest absolute Gasteiger partial charge is 0.508 e. The van der Waals surface area contributed by atoms with Crippen molar-refractivity contribution in [3.8, 4) is 5.75 Å². The van der Waals surface area contributed by atoms with Gasteiger partial charge in [-0.05, 0) is 12.5 Å². The minimum atomic E-state index is -0.118. The summed E-state index contributed by atoms with van der Waals surface area (Å²) in [4.78, 5) is 0. The monoisotopic (exact) mass is 395 g/mol. The molecule has 1 aromatic carbocycles. The molecular weight excluding hydrogens is 354 g/mol. The first-order chi connectivity index (χ1) is 13.1. The van der Waals surface area contributed by atoms with Gasteiger partial charge < -0.3 is 10.8 Å². The molecule has 0 saturated carbocycles. The number of rotatable bonds is 17. The van der Waals surface area contributed by atoms with E-state index in [-0.39, 0.29) is 11.1 Å². The lowest BCUT2D eigenvalue weighted by molar-refractivity contribution is 0.465. The molecule has 0 radical (unpaired) electrons. The maximum Gasteiger partial charge on any atom is 0.122 e. The van der Waals surface area contributed by atoms with E-state index in [0.29, 0.717) is 5.69 Å². The highest BCUT2D eigenvalue weighted by atomic mass is 35.5. The molecule has 156 valence electrons. The van der Waals surface area contributed by atoms with E-state index in [9.17, 15) is 5.11 Å². The maximum atomic E-state index is 9.92. The van der Waals surface area contributed by atoms with Crippen LogP contribution in [0, 0.1) is 0 Å². The second-order valence-electron chi connectivity index (χ2n) is 8.02. The lowest BCUT2D eigenvalue weighted by atomic mass is 10.0. The van der Waals surface area contributed by atoms with Crippen molar-refractivity contribution >= 4 is 17.3 Å². The summed E-state index contributed by atoms with van der Waals surface area (Å²) in [6.45, 7) is 2.28. The fraction of sp³-hybridized carbons (Fsp3) is 0.750. The number of alkyl halides is 1. The van der Waals surface area contributed by atoms with Crippen LogP contribution in [0.2, 0.25) is 0 Å². The van der Waals surface area contributed by atoms with Crippen molar-refractivity contribution in [2.24, 2.45) is 0 Å². The van der Waals surface area contributed by atoms with E-state index in [1.807, 2.05) is 6.07 Å². The summed E-state index contributed by atoms with van der Waals surface area (Å²) < 4.78 is 0. The zero-order valence-electron chi connectivity index (χ0n) is 17.5. The summed E-state index contributed by atoms with van der Waals surface area (Å²) in [7, 11) is 0. The van der Waals surface area contributed by atoms with Crippen LogP contribution in [0.3, 0.4) is 0 Å². The van der Waals surface area contributed by atoms with Crippen LogP contribution < -0.4 is 5.73 Å². The number of benzene rings is 1. The quantitative estimate of drug-likeness (QED) is 0.158. The highest BCUT2D eigenvalue weighted by Crippen LogP contribution is 2.34. The zero-order chi connectivity index (χ0) is 19.7. The van der Waals surface area contributed by atoms with Crippen LogP contribution in [0.15, 0.2) is 18.2 Å². The topological polar surface area (TPSA) is 46.2 Å². The van der Waals surface area contributed by atoms with Crippen molar-refractivity contribution in [1.82, 2.24) is 0 Å². The number of hydrogen-bond donors (Lipinski definition) is 2. The zero-order valence-corrected chi connectivity index (χ0v) is 18.3. The predicted molar refractivity (Wildman–Crippen MR) is 121 cm³/mol. The lowest BCUT2D eigenvalue weighted by Gasteiger charge is -2.12. The average Bonchev–Trinajstić information content (AvgIpc) is 2.64. The normalized spacial score (nSPS) is 12.4. The van der Waals surface area contributed by atoms with Gasteiger partial charge in [0, 0.05) is 17.3 Å². The molecule has 1 atom stereocenters. The smallest absolute Gasteiger partial charge is 0.122 e. The molecule has 0 aromatic heterocycles. The van der Waals surface area contributed by atoms with Gasteiger partial charge in [0.1, 0.15) is 5.75 Å². The lowest BCUT2D eigenvalue weighted by Crippen LogP contribution is -1.93. The number of phenolic OH excluding ortho intramolecular Hbond substituents is 1. The molecule has 0 saturated heterocycles. The number of nitrogen functional groups attached to an aromatic ring is 1. The molecule has 0 bridgehead atoms. The molecule has 0 spiro atoms. The summed E-state index contributed by atoms with van der Waals surface area (Å²) in [5.41, 5.74) is 7.04. The Hall–Kier alpha value is -0.890. The van der Waals surface area contributed by atoms with Crippen molar-refractivity contribution in [2.75, 3.05) is 5.73 Å². The Morgan fingerprint density at radius 3 is 1.67 bits per heavy atom. The van der Waals surface area contributed by atoms with Crippen LogP contribution in [0.25, 0.3) is 0 Å². The van der Waals surface area contributed by atoms with Crippen molar-refractivity contribution in [2.45, 2.75) is 115 Å². The highest BCUT2D eigenvalue weighted by molar-refractivity contribution is 6.21. The summed E-state index contributed by atoms with van der Waals surface area (Å²) in [5, 5.41) is 9.80. The van der Waals surface area contributed by atoms with Crippen LogP contribution in [0.1, 0.15) is 121 Å². The van der Waals surface area contributed by atoms with E-state index in [4.69, 9.17) is 17.3 Å².